The van der Waals surface area contributed by atoms with Crippen LogP contribution in [-0.2, 0) is 0 Å². The highest BCUT2D eigenvalue weighted by Crippen LogP contribution is 2.20. The van der Waals surface area contributed by atoms with Gasteiger partial charge in [0, 0.05) is 22.8 Å². The third kappa shape index (κ3) is 3.47. The van der Waals surface area contributed by atoms with Crippen molar-refractivity contribution in [3.63, 3.8) is 0 Å². The fourth-order valence-electron chi connectivity index (χ4n) is 1.99. The van der Waals surface area contributed by atoms with Gasteiger partial charge in [-0.2, -0.15) is 0 Å². The molecule has 3 rings (SSSR count). The van der Waals surface area contributed by atoms with Gasteiger partial charge in [-0.15, -0.1) is 11.8 Å². The van der Waals surface area contributed by atoms with Crippen molar-refractivity contribution in [1.82, 2.24) is 0 Å². The van der Waals surface area contributed by atoms with E-state index in [-0.39, 0.29) is 5.43 Å². The Kier molecular flexibility index (Phi) is 4.26. The van der Waals surface area contributed by atoms with E-state index in [1.807, 2.05) is 18.2 Å². The molecule has 0 bridgehead atoms. The molecular formula is C17H14O3S. The molecule has 0 saturated carbocycles. The van der Waals surface area contributed by atoms with Crippen molar-refractivity contribution in [1.29, 1.82) is 0 Å². The zero-order chi connectivity index (χ0) is 14.5. The largest absolute Gasteiger partial charge is 0.493 e. The van der Waals surface area contributed by atoms with Crippen molar-refractivity contribution in [2.45, 2.75) is 4.90 Å². The van der Waals surface area contributed by atoms with Crippen LogP contribution in [-0.4, -0.2) is 12.4 Å². The zero-order valence-electron chi connectivity index (χ0n) is 11.3. The van der Waals surface area contributed by atoms with Crippen LogP contribution in [0.1, 0.15) is 0 Å². The topological polar surface area (TPSA) is 39.4 Å². The van der Waals surface area contributed by atoms with Crippen molar-refractivity contribution < 1.29 is 9.15 Å². The Bertz CT molecular complexity index is 781. The summed E-state index contributed by atoms with van der Waals surface area (Å²) in [6, 6.07) is 16.9. The summed E-state index contributed by atoms with van der Waals surface area (Å²) in [6.07, 6.45) is 1.40. The predicted molar refractivity (Wildman–Crippen MR) is 85.1 cm³/mol. The SMILES string of the molecule is O=c1ccoc2cc(OCCSc3ccccc3)ccc12. The third-order valence-electron chi connectivity index (χ3n) is 3.00. The maximum absolute atomic E-state index is 11.6. The average molecular weight is 298 g/mol. The standard InChI is InChI=1S/C17H14O3S/c18-16-8-9-20-17-12-13(6-7-15(16)17)19-10-11-21-14-4-2-1-3-5-14/h1-9,12H,10-11H2. The average Bonchev–Trinajstić information content (AvgIpc) is 2.53. The van der Waals surface area contributed by atoms with Crippen LogP contribution in [0.3, 0.4) is 0 Å². The molecular weight excluding hydrogens is 284 g/mol. The van der Waals surface area contributed by atoms with Gasteiger partial charge in [-0.3, -0.25) is 4.79 Å². The smallest absolute Gasteiger partial charge is 0.192 e. The van der Waals surface area contributed by atoms with Gasteiger partial charge in [0.15, 0.2) is 5.43 Å². The van der Waals surface area contributed by atoms with Crippen LogP contribution in [0.4, 0.5) is 0 Å². The van der Waals surface area contributed by atoms with Crippen LogP contribution in [0.5, 0.6) is 5.75 Å². The van der Waals surface area contributed by atoms with Crippen LogP contribution in [0, 0.1) is 0 Å². The van der Waals surface area contributed by atoms with Gasteiger partial charge < -0.3 is 9.15 Å². The fraction of sp³-hybridized carbons (Fsp3) is 0.118. The van der Waals surface area contributed by atoms with E-state index in [9.17, 15) is 4.79 Å². The number of benzene rings is 2. The molecule has 0 radical (unpaired) electrons. The summed E-state index contributed by atoms with van der Waals surface area (Å²) in [5, 5.41) is 0.573. The predicted octanol–water partition coefficient (Wildman–Crippen LogP) is 3.96. The van der Waals surface area contributed by atoms with E-state index < -0.39 is 0 Å². The van der Waals surface area contributed by atoms with E-state index in [0.29, 0.717) is 23.3 Å². The van der Waals surface area contributed by atoms with Crippen LogP contribution in [0.2, 0.25) is 0 Å². The number of thioether (sulfide) groups is 1. The van der Waals surface area contributed by atoms with Gasteiger partial charge in [0.25, 0.3) is 0 Å². The maximum Gasteiger partial charge on any atom is 0.192 e. The van der Waals surface area contributed by atoms with Crippen molar-refractivity contribution in [3.05, 3.63) is 71.1 Å². The molecule has 1 aromatic heterocycles. The summed E-state index contributed by atoms with van der Waals surface area (Å²) >= 11 is 1.75. The summed E-state index contributed by atoms with van der Waals surface area (Å²) in [5.74, 6) is 1.58. The highest BCUT2D eigenvalue weighted by molar-refractivity contribution is 7.99. The molecule has 0 N–H and O–H groups in total. The molecule has 21 heavy (non-hydrogen) atoms. The van der Waals surface area contributed by atoms with Crippen molar-refractivity contribution in [2.75, 3.05) is 12.4 Å². The molecule has 0 aliphatic heterocycles. The highest BCUT2D eigenvalue weighted by Gasteiger charge is 2.02. The van der Waals surface area contributed by atoms with Gasteiger partial charge >= 0.3 is 0 Å². The number of hydrogen-bond donors (Lipinski definition) is 0. The highest BCUT2D eigenvalue weighted by atomic mass is 32.2. The second kappa shape index (κ2) is 6.50. The second-order valence-corrected chi connectivity index (χ2v) is 5.62. The lowest BCUT2D eigenvalue weighted by molar-refractivity contribution is 0.344. The Morgan fingerprint density at radius 3 is 2.76 bits per heavy atom. The Balaban J connectivity index is 1.59. The quantitative estimate of drug-likeness (QED) is 0.528. The van der Waals surface area contributed by atoms with E-state index in [1.165, 1.54) is 17.2 Å². The molecule has 0 aliphatic rings. The van der Waals surface area contributed by atoms with Crippen LogP contribution in [0.15, 0.2) is 75.0 Å². The fourth-order valence-corrected chi connectivity index (χ4v) is 2.74. The Morgan fingerprint density at radius 1 is 1.05 bits per heavy atom. The lowest BCUT2D eigenvalue weighted by atomic mass is 10.2. The molecule has 4 heteroatoms. The molecule has 2 aromatic carbocycles. The summed E-state index contributed by atoms with van der Waals surface area (Å²) in [7, 11) is 0. The van der Waals surface area contributed by atoms with E-state index in [1.54, 1.807) is 30.0 Å². The maximum atomic E-state index is 11.6. The van der Waals surface area contributed by atoms with Crippen molar-refractivity contribution in [3.8, 4) is 5.75 Å². The molecule has 0 amide bonds. The van der Waals surface area contributed by atoms with Gasteiger partial charge in [0.05, 0.1) is 18.3 Å². The first-order chi connectivity index (χ1) is 10.3. The minimum absolute atomic E-state index is 0.0394. The van der Waals surface area contributed by atoms with Crippen LogP contribution >= 0.6 is 11.8 Å². The molecule has 106 valence electrons. The summed E-state index contributed by atoms with van der Waals surface area (Å²) < 4.78 is 11.0. The molecule has 1 heterocycles. The third-order valence-corrected chi connectivity index (χ3v) is 3.97. The zero-order valence-corrected chi connectivity index (χ0v) is 12.1. The number of rotatable bonds is 5. The Hall–Kier alpha value is -2.20. The van der Waals surface area contributed by atoms with Gasteiger partial charge in [0.1, 0.15) is 11.3 Å². The van der Waals surface area contributed by atoms with Crippen LogP contribution in [0.25, 0.3) is 11.0 Å². The van der Waals surface area contributed by atoms with Crippen LogP contribution < -0.4 is 10.2 Å². The first-order valence-electron chi connectivity index (χ1n) is 6.65. The van der Waals surface area contributed by atoms with E-state index in [4.69, 9.17) is 9.15 Å². The molecule has 0 aliphatic carbocycles. The molecule has 0 unspecified atom stereocenters. The molecule has 0 fully saturated rings. The van der Waals surface area contributed by atoms with Gasteiger partial charge in [-0.25, -0.2) is 0 Å². The van der Waals surface area contributed by atoms with Gasteiger partial charge in [-0.05, 0) is 24.3 Å². The monoisotopic (exact) mass is 298 g/mol. The lowest BCUT2D eigenvalue weighted by Gasteiger charge is -2.06. The summed E-state index contributed by atoms with van der Waals surface area (Å²) in [5.41, 5.74) is 0.512. The van der Waals surface area contributed by atoms with Gasteiger partial charge in [-0.1, -0.05) is 18.2 Å². The second-order valence-electron chi connectivity index (χ2n) is 4.45. The Labute approximate surface area is 126 Å². The van der Waals surface area contributed by atoms with Crippen molar-refractivity contribution >= 4 is 22.7 Å². The summed E-state index contributed by atoms with van der Waals surface area (Å²) in [4.78, 5) is 12.8. The summed E-state index contributed by atoms with van der Waals surface area (Å²) in [6.45, 7) is 0.599. The molecule has 0 saturated heterocycles. The van der Waals surface area contributed by atoms with Gasteiger partial charge in [0.2, 0.25) is 0 Å². The first-order valence-corrected chi connectivity index (χ1v) is 7.64. The number of fused-ring (bicyclic) bond motifs is 1. The first kappa shape index (κ1) is 13.8. The normalized spacial score (nSPS) is 10.7. The lowest BCUT2D eigenvalue weighted by Crippen LogP contribution is -2.01. The van der Waals surface area contributed by atoms with E-state index in [2.05, 4.69) is 12.1 Å². The molecule has 3 aromatic rings. The minimum Gasteiger partial charge on any atom is -0.493 e. The molecule has 3 nitrogen and oxygen atoms in total. The molecule has 0 spiro atoms. The minimum atomic E-state index is -0.0394. The molecule has 0 atom stereocenters. The number of ether oxygens (including phenoxy) is 1. The van der Waals surface area contributed by atoms with E-state index in [0.717, 1.165) is 5.75 Å². The Morgan fingerprint density at radius 2 is 1.90 bits per heavy atom. The van der Waals surface area contributed by atoms with Crippen molar-refractivity contribution in [2.24, 2.45) is 0 Å². The number of hydrogen-bond acceptors (Lipinski definition) is 4. The van der Waals surface area contributed by atoms with E-state index >= 15 is 0 Å².